The maximum atomic E-state index is 13.7. The summed E-state index contributed by atoms with van der Waals surface area (Å²) in [6.07, 6.45) is 0.432. The van der Waals surface area contributed by atoms with E-state index < -0.39 is 16.0 Å². The van der Waals surface area contributed by atoms with E-state index in [-0.39, 0.29) is 68.2 Å². The van der Waals surface area contributed by atoms with Crippen molar-refractivity contribution in [2.45, 2.75) is 24.9 Å². The zero-order valence-electron chi connectivity index (χ0n) is 16.5. The Morgan fingerprint density at radius 3 is 2.47 bits per heavy atom. The molecule has 30 heavy (non-hydrogen) atoms. The number of carbonyl (C=O) groups excluding carboxylic acids is 2. The quantitative estimate of drug-likeness (QED) is 0.614. The van der Waals surface area contributed by atoms with Crippen LogP contribution in [0.3, 0.4) is 0 Å². The van der Waals surface area contributed by atoms with Crippen LogP contribution >= 0.6 is 0 Å². The molecule has 0 bridgehead atoms. The lowest BCUT2D eigenvalue weighted by molar-refractivity contribution is -0.132. The van der Waals surface area contributed by atoms with Crippen LogP contribution in [-0.2, 0) is 26.0 Å². The van der Waals surface area contributed by atoms with Crippen LogP contribution < -0.4 is 0 Å². The third-order valence-electron chi connectivity index (χ3n) is 4.81. The molecule has 1 aromatic carbocycles. The van der Waals surface area contributed by atoms with Gasteiger partial charge in [0.1, 0.15) is 5.82 Å². The van der Waals surface area contributed by atoms with Gasteiger partial charge in [0.05, 0.1) is 6.61 Å². The van der Waals surface area contributed by atoms with Gasteiger partial charge < -0.3 is 14.1 Å². The maximum Gasteiger partial charge on any atom is 0.374 e. The molecule has 8 nitrogen and oxygen atoms in total. The Hall–Kier alpha value is -2.72. The lowest BCUT2D eigenvalue weighted by Gasteiger charge is -2.33. The minimum atomic E-state index is -3.93. The van der Waals surface area contributed by atoms with Gasteiger partial charge >= 0.3 is 5.97 Å². The number of rotatable bonds is 7. The number of furan rings is 1. The van der Waals surface area contributed by atoms with Gasteiger partial charge in [0.25, 0.3) is 10.0 Å². The van der Waals surface area contributed by atoms with Crippen LogP contribution in [0.15, 0.2) is 45.9 Å². The van der Waals surface area contributed by atoms with E-state index in [1.165, 1.54) is 22.5 Å². The van der Waals surface area contributed by atoms with E-state index in [0.29, 0.717) is 5.56 Å². The first kappa shape index (κ1) is 22.0. The van der Waals surface area contributed by atoms with Gasteiger partial charge in [-0.05, 0) is 37.1 Å². The molecule has 1 amide bonds. The molecule has 10 heteroatoms. The molecule has 0 saturated carbocycles. The van der Waals surface area contributed by atoms with E-state index in [1.807, 2.05) is 0 Å². The standard InChI is InChI=1S/C20H23FN2O6S/c1-2-28-20(25)17-8-10-19(29-17)30(26,27)23-13-11-22(12-14-23)18(24)9-7-15-5-3-4-6-16(15)21/h3-6,8,10H,2,7,9,11-14H2,1H3. The Morgan fingerprint density at radius 1 is 1.10 bits per heavy atom. The first-order valence-electron chi connectivity index (χ1n) is 9.61. The van der Waals surface area contributed by atoms with Crippen LogP contribution in [0.1, 0.15) is 29.5 Å². The van der Waals surface area contributed by atoms with Gasteiger partial charge in [0.15, 0.2) is 0 Å². The molecule has 1 aliphatic rings. The number of amides is 1. The van der Waals surface area contributed by atoms with Crippen molar-refractivity contribution in [2.24, 2.45) is 0 Å². The minimum Gasteiger partial charge on any atom is -0.460 e. The molecule has 2 heterocycles. The van der Waals surface area contributed by atoms with Crippen molar-refractivity contribution >= 4 is 21.9 Å². The minimum absolute atomic E-state index is 0.100. The van der Waals surface area contributed by atoms with Crippen molar-refractivity contribution in [3.8, 4) is 0 Å². The van der Waals surface area contributed by atoms with Gasteiger partial charge in [-0.2, -0.15) is 4.31 Å². The Kier molecular flexibility index (Phi) is 6.88. The number of halogens is 1. The molecular weight excluding hydrogens is 415 g/mol. The summed E-state index contributed by atoms with van der Waals surface area (Å²) in [7, 11) is -3.93. The normalized spacial score (nSPS) is 15.2. The highest BCUT2D eigenvalue weighted by molar-refractivity contribution is 7.89. The predicted octanol–water partition coefficient (Wildman–Crippen LogP) is 2.06. The molecule has 3 rings (SSSR count). The molecular formula is C20H23FN2O6S. The van der Waals surface area contributed by atoms with Crippen molar-refractivity contribution in [3.05, 3.63) is 53.5 Å². The highest BCUT2D eigenvalue weighted by Crippen LogP contribution is 2.21. The molecule has 0 spiro atoms. The number of hydrogen-bond acceptors (Lipinski definition) is 6. The SMILES string of the molecule is CCOC(=O)c1ccc(S(=O)(=O)N2CCN(C(=O)CCc3ccccc3F)CC2)o1. The molecule has 1 aliphatic heterocycles. The number of ether oxygens (including phenoxy) is 1. The highest BCUT2D eigenvalue weighted by atomic mass is 32.2. The molecule has 1 saturated heterocycles. The van der Waals surface area contributed by atoms with Crippen molar-refractivity contribution in [2.75, 3.05) is 32.8 Å². The smallest absolute Gasteiger partial charge is 0.374 e. The van der Waals surface area contributed by atoms with Crippen molar-refractivity contribution in [3.63, 3.8) is 0 Å². The third-order valence-corrected chi connectivity index (χ3v) is 6.58. The molecule has 2 aromatic rings. The molecule has 0 unspecified atom stereocenters. The maximum absolute atomic E-state index is 13.7. The average molecular weight is 438 g/mol. The number of esters is 1. The van der Waals surface area contributed by atoms with Gasteiger partial charge in [0.2, 0.25) is 16.8 Å². The summed E-state index contributed by atoms with van der Waals surface area (Å²) in [5.41, 5.74) is 0.474. The lowest BCUT2D eigenvalue weighted by atomic mass is 10.1. The van der Waals surface area contributed by atoms with Gasteiger partial charge in [-0.3, -0.25) is 4.79 Å². The van der Waals surface area contributed by atoms with Crippen molar-refractivity contribution < 1.29 is 31.6 Å². The third kappa shape index (κ3) is 4.88. The number of benzene rings is 1. The monoisotopic (exact) mass is 438 g/mol. The number of sulfonamides is 1. The summed E-state index contributed by atoms with van der Waals surface area (Å²) >= 11 is 0. The molecule has 1 fully saturated rings. The van der Waals surface area contributed by atoms with Crippen LogP contribution in [-0.4, -0.2) is 62.3 Å². The zero-order chi connectivity index (χ0) is 21.7. The van der Waals surface area contributed by atoms with Crippen LogP contribution in [0.2, 0.25) is 0 Å². The van der Waals surface area contributed by atoms with Gasteiger partial charge in [-0.1, -0.05) is 18.2 Å². The Labute approximate surface area is 174 Å². The van der Waals surface area contributed by atoms with Gasteiger partial charge in [-0.15, -0.1) is 0 Å². The number of nitrogens with zero attached hydrogens (tertiary/aromatic N) is 2. The number of hydrogen-bond donors (Lipinski definition) is 0. The highest BCUT2D eigenvalue weighted by Gasteiger charge is 2.32. The van der Waals surface area contributed by atoms with E-state index in [4.69, 9.17) is 9.15 Å². The fraction of sp³-hybridized carbons (Fsp3) is 0.400. The summed E-state index contributed by atoms with van der Waals surface area (Å²) in [5.74, 6) is -1.42. The fourth-order valence-electron chi connectivity index (χ4n) is 3.18. The van der Waals surface area contributed by atoms with E-state index >= 15 is 0 Å². The van der Waals surface area contributed by atoms with E-state index in [2.05, 4.69) is 0 Å². The first-order chi connectivity index (χ1) is 14.3. The lowest BCUT2D eigenvalue weighted by Crippen LogP contribution is -2.50. The Bertz CT molecular complexity index is 1010. The Balaban J connectivity index is 1.56. The van der Waals surface area contributed by atoms with Crippen molar-refractivity contribution in [1.82, 2.24) is 9.21 Å². The van der Waals surface area contributed by atoms with E-state index in [9.17, 15) is 22.4 Å². The summed E-state index contributed by atoms with van der Waals surface area (Å²) in [5, 5.41) is -0.343. The topological polar surface area (TPSA) is 97.1 Å². The second kappa shape index (κ2) is 9.40. The second-order valence-corrected chi connectivity index (χ2v) is 8.58. The van der Waals surface area contributed by atoms with E-state index in [0.717, 1.165) is 0 Å². The second-order valence-electron chi connectivity index (χ2n) is 6.72. The van der Waals surface area contributed by atoms with Crippen LogP contribution in [0.5, 0.6) is 0 Å². The zero-order valence-corrected chi connectivity index (χ0v) is 17.4. The predicted molar refractivity (Wildman–Crippen MR) is 105 cm³/mol. The molecule has 0 atom stereocenters. The van der Waals surface area contributed by atoms with Gasteiger partial charge in [-0.25, -0.2) is 17.6 Å². The number of aryl methyl sites for hydroxylation is 1. The fourth-order valence-corrected chi connectivity index (χ4v) is 4.51. The molecule has 1 aromatic heterocycles. The molecule has 162 valence electrons. The number of piperazine rings is 1. The molecule has 0 N–H and O–H groups in total. The van der Waals surface area contributed by atoms with Crippen LogP contribution in [0, 0.1) is 5.82 Å². The average Bonchev–Trinajstić information content (AvgIpc) is 3.25. The number of carbonyl (C=O) groups is 2. The summed E-state index contributed by atoms with van der Waals surface area (Å²) in [4.78, 5) is 25.7. The molecule has 0 radical (unpaired) electrons. The first-order valence-corrected chi connectivity index (χ1v) is 11.0. The van der Waals surface area contributed by atoms with Crippen molar-refractivity contribution in [1.29, 1.82) is 0 Å². The van der Waals surface area contributed by atoms with Crippen LogP contribution in [0.4, 0.5) is 4.39 Å². The Morgan fingerprint density at radius 2 is 1.80 bits per heavy atom. The largest absolute Gasteiger partial charge is 0.460 e. The summed E-state index contributed by atoms with van der Waals surface area (Å²) in [6.45, 7) is 2.43. The van der Waals surface area contributed by atoms with Crippen LogP contribution in [0.25, 0.3) is 0 Å². The summed E-state index contributed by atoms with van der Waals surface area (Å²) in [6, 6.07) is 8.77. The van der Waals surface area contributed by atoms with E-state index in [1.54, 1.807) is 30.0 Å². The molecule has 0 aliphatic carbocycles. The summed E-state index contributed by atoms with van der Waals surface area (Å²) < 4.78 is 50.3. The van der Waals surface area contributed by atoms with Gasteiger partial charge in [0, 0.05) is 32.6 Å².